The average molecular weight is 425 g/mol. The number of ether oxygens (including phenoxy) is 1. The maximum Gasteiger partial charge on any atom is 0.450 e. The third-order valence-corrected chi connectivity index (χ3v) is 5.01. The van der Waals surface area contributed by atoms with E-state index in [4.69, 9.17) is 4.74 Å². The topological polar surface area (TPSA) is 57.0 Å². The van der Waals surface area contributed by atoms with Crippen LogP contribution in [0.4, 0.5) is 13.2 Å². The molecule has 2 aromatic carbocycles. The van der Waals surface area contributed by atoms with Crippen LogP contribution < -0.4 is 4.74 Å². The van der Waals surface area contributed by atoms with E-state index in [0.717, 1.165) is 10.1 Å². The SMILES string of the molecule is COc1ccc2c(c1)nc(C(F)(F)F)n2-c1ccc(CC(=O)c2cnccc2C)cc1. The Bertz CT molecular complexity index is 1260. The molecule has 2 heterocycles. The predicted molar refractivity (Wildman–Crippen MR) is 110 cm³/mol. The van der Waals surface area contributed by atoms with E-state index in [1.165, 1.54) is 19.4 Å². The van der Waals surface area contributed by atoms with Gasteiger partial charge in [-0.25, -0.2) is 4.98 Å². The summed E-state index contributed by atoms with van der Waals surface area (Å²) in [7, 11) is 1.44. The highest BCUT2D eigenvalue weighted by Gasteiger charge is 2.38. The van der Waals surface area contributed by atoms with E-state index in [9.17, 15) is 18.0 Å². The van der Waals surface area contributed by atoms with E-state index < -0.39 is 12.0 Å². The van der Waals surface area contributed by atoms with Crippen molar-refractivity contribution in [3.8, 4) is 11.4 Å². The number of imidazole rings is 1. The smallest absolute Gasteiger partial charge is 0.450 e. The molecular weight excluding hydrogens is 407 g/mol. The Morgan fingerprint density at radius 1 is 1.10 bits per heavy atom. The van der Waals surface area contributed by atoms with Gasteiger partial charge in [0.15, 0.2) is 5.78 Å². The quantitative estimate of drug-likeness (QED) is 0.414. The second-order valence-corrected chi connectivity index (χ2v) is 7.08. The van der Waals surface area contributed by atoms with Crippen molar-refractivity contribution < 1.29 is 22.7 Å². The molecule has 0 unspecified atom stereocenters. The fraction of sp³-hybridized carbons (Fsp3) is 0.174. The Balaban J connectivity index is 1.70. The summed E-state index contributed by atoms with van der Waals surface area (Å²) < 4.78 is 47.2. The van der Waals surface area contributed by atoms with Gasteiger partial charge >= 0.3 is 6.18 Å². The molecule has 4 aromatic rings. The number of ketones is 1. The number of methoxy groups -OCH3 is 1. The molecule has 5 nitrogen and oxygen atoms in total. The Kier molecular flexibility index (Phi) is 5.22. The van der Waals surface area contributed by atoms with Gasteiger partial charge in [0.2, 0.25) is 5.82 Å². The van der Waals surface area contributed by atoms with Crippen LogP contribution in [0.1, 0.15) is 27.3 Å². The Morgan fingerprint density at radius 2 is 1.84 bits per heavy atom. The zero-order valence-corrected chi connectivity index (χ0v) is 16.8. The van der Waals surface area contributed by atoms with E-state index in [1.54, 1.807) is 48.7 Å². The standard InChI is InChI=1S/C23H18F3N3O2/c1-14-9-10-27-13-18(14)21(30)11-15-3-5-16(6-4-15)29-20-8-7-17(31-2)12-19(20)28-22(29)23(24,25)26/h3-10,12-13H,11H2,1-2H3. The van der Waals surface area contributed by atoms with Crippen LogP contribution in [0, 0.1) is 6.92 Å². The van der Waals surface area contributed by atoms with Gasteiger partial charge in [-0.05, 0) is 48.4 Å². The van der Waals surface area contributed by atoms with Gasteiger partial charge in [-0.1, -0.05) is 12.1 Å². The van der Waals surface area contributed by atoms with Crippen molar-refractivity contribution in [2.45, 2.75) is 19.5 Å². The van der Waals surface area contributed by atoms with E-state index >= 15 is 0 Å². The molecule has 0 aliphatic carbocycles. The normalized spacial score (nSPS) is 11.6. The molecule has 0 radical (unpaired) electrons. The summed E-state index contributed by atoms with van der Waals surface area (Å²) in [6.07, 6.45) is -1.38. The molecule has 2 aromatic heterocycles. The average Bonchev–Trinajstić information content (AvgIpc) is 3.14. The maximum atomic E-state index is 13.7. The van der Waals surface area contributed by atoms with Gasteiger partial charge in [0.25, 0.3) is 0 Å². The molecule has 0 saturated carbocycles. The van der Waals surface area contributed by atoms with Crippen LogP contribution in [0.25, 0.3) is 16.7 Å². The number of carbonyl (C=O) groups is 1. The Hall–Kier alpha value is -3.68. The fourth-order valence-corrected chi connectivity index (χ4v) is 3.44. The van der Waals surface area contributed by atoms with Crippen LogP contribution in [-0.4, -0.2) is 27.4 Å². The lowest BCUT2D eigenvalue weighted by Crippen LogP contribution is -2.14. The van der Waals surface area contributed by atoms with Crippen molar-refractivity contribution in [1.82, 2.24) is 14.5 Å². The van der Waals surface area contributed by atoms with Crippen molar-refractivity contribution in [3.05, 3.63) is 83.4 Å². The molecule has 0 spiro atoms. The monoisotopic (exact) mass is 425 g/mol. The summed E-state index contributed by atoms with van der Waals surface area (Å²) in [5.74, 6) is -0.703. The lowest BCUT2D eigenvalue weighted by Gasteiger charge is -2.12. The highest BCUT2D eigenvalue weighted by Crippen LogP contribution is 2.35. The molecule has 0 N–H and O–H groups in total. The number of pyridine rings is 1. The van der Waals surface area contributed by atoms with Crippen molar-refractivity contribution in [2.24, 2.45) is 0 Å². The van der Waals surface area contributed by atoms with Crippen LogP contribution in [-0.2, 0) is 12.6 Å². The number of aryl methyl sites for hydroxylation is 1. The third kappa shape index (κ3) is 4.01. The van der Waals surface area contributed by atoms with Gasteiger partial charge in [0.1, 0.15) is 5.75 Å². The number of hydrogen-bond donors (Lipinski definition) is 0. The summed E-state index contributed by atoms with van der Waals surface area (Å²) in [5, 5.41) is 0. The number of aromatic nitrogens is 3. The number of nitrogens with zero attached hydrogens (tertiary/aromatic N) is 3. The van der Waals surface area contributed by atoms with Crippen molar-refractivity contribution in [2.75, 3.05) is 7.11 Å². The van der Waals surface area contributed by atoms with Gasteiger partial charge in [-0.2, -0.15) is 13.2 Å². The summed E-state index contributed by atoms with van der Waals surface area (Å²) in [6, 6.07) is 12.8. The minimum absolute atomic E-state index is 0.102. The Labute approximate surface area is 176 Å². The third-order valence-electron chi connectivity index (χ3n) is 5.01. The number of alkyl halides is 3. The molecule has 8 heteroatoms. The second kappa shape index (κ2) is 7.86. The lowest BCUT2D eigenvalue weighted by molar-refractivity contribution is -0.145. The first kappa shape index (κ1) is 20.6. The highest BCUT2D eigenvalue weighted by atomic mass is 19.4. The van der Waals surface area contributed by atoms with Crippen molar-refractivity contribution >= 4 is 16.8 Å². The zero-order chi connectivity index (χ0) is 22.2. The maximum absolute atomic E-state index is 13.7. The molecule has 0 amide bonds. The number of Topliss-reactive ketones (excluding diaryl/α,β-unsaturated/α-hetero) is 1. The Morgan fingerprint density at radius 3 is 2.48 bits per heavy atom. The largest absolute Gasteiger partial charge is 0.497 e. The van der Waals surface area contributed by atoms with Gasteiger partial charge in [0.05, 0.1) is 18.1 Å². The van der Waals surface area contributed by atoms with Gasteiger partial charge in [0, 0.05) is 36.1 Å². The molecule has 158 valence electrons. The van der Waals surface area contributed by atoms with Gasteiger partial charge < -0.3 is 4.74 Å². The summed E-state index contributed by atoms with van der Waals surface area (Å²) in [5.41, 5.74) is 2.83. The van der Waals surface area contributed by atoms with Crippen molar-refractivity contribution in [3.63, 3.8) is 0 Å². The predicted octanol–water partition coefficient (Wildman–Crippen LogP) is 5.18. The summed E-state index contributed by atoms with van der Waals surface area (Å²) in [4.78, 5) is 20.3. The second-order valence-electron chi connectivity index (χ2n) is 7.08. The molecular formula is C23H18F3N3O2. The number of benzene rings is 2. The fourth-order valence-electron chi connectivity index (χ4n) is 3.44. The van der Waals surface area contributed by atoms with E-state index in [0.29, 0.717) is 28.1 Å². The van der Waals surface area contributed by atoms with Crippen LogP contribution in [0.15, 0.2) is 60.9 Å². The minimum Gasteiger partial charge on any atom is -0.497 e. The molecule has 4 rings (SSSR count). The zero-order valence-electron chi connectivity index (χ0n) is 16.8. The van der Waals surface area contributed by atoms with Crippen LogP contribution in [0.3, 0.4) is 0 Å². The molecule has 0 fully saturated rings. The van der Waals surface area contributed by atoms with Crippen LogP contribution >= 0.6 is 0 Å². The van der Waals surface area contributed by atoms with Gasteiger partial charge in [-0.3, -0.25) is 14.3 Å². The van der Waals surface area contributed by atoms with E-state index in [1.807, 2.05) is 6.92 Å². The molecule has 0 aliphatic heterocycles. The molecule has 0 saturated heterocycles. The summed E-state index contributed by atoms with van der Waals surface area (Å²) >= 11 is 0. The van der Waals surface area contributed by atoms with E-state index in [-0.39, 0.29) is 17.7 Å². The van der Waals surface area contributed by atoms with Crippen LogP contribution in [0.5, 0.6) is 5.75 Å². The number of hydrogen-bond acceptors (Lipinski definition) is 4. The first-order chi connectivity index (χ1) is 14.8. The molecule has 0 aliphatic rings. The molecule has 31 heavy (non-hydrogen) atoms. The molecule has 0 bridgehead atoms. The highest BCUT2D eigenvalue weighted by molar-refractivity contribution is 5.98. The van der Waals surface area contributed by atoms with E-state index in [2.05, 4.69) is 9.97 Å². The summed E-state index contributed by atoms with van der Waals surface area (Å²) in [6.45, 7) is 1.83. The first-order valence-corrected chi connectivity index (χ1v) is 9.45. The lowest BCUT2D eigenvalue weighted by atomic mass is 10.0. The number of halogens is 3. The molecule has 0 atom stereocenters. The van der Waals surface area contributed by atoms with Gasteiger partial charge in [-0.15, -0.1) is 0 Å². The van der Waals surface area contributed by atoms with Crippen LogP contribution in [0.2, 0.25) is 0 Å². The number of fused-ring (bicyclic) bond motifs is 1. The van der Waals surface area contributed by atoms with Crippen molar-refractivity contribution in [1.29, 1.82) is 0 Å². The minimum atomic E-state index is -4.64. The first-order valence-electron chi connectivity index (χ1n) is 9.45. The number of rotatable bonds is 5. The number of carbonyl (C=O) groups excluding carboxylic acids is 1.